The van der Waals surface area contributed by atoms with Crippen LogP contribution in [0.5, 0.6) is 0 Å². The van der Waals surface area contributed by atoms with Gasteiger partial charge in [-0.15, -0.1) is 0 Å². The lowest BCUT2D eigenvalue weighted by atomic mass is 9.80. The summed E-state index contributed by atoms with van der Waals surface area (Å²) in [5, 5.41) is 3.22. The molecule has 1 amide bonds. The van der Waals surface area contributed by atoms with Crippen molar-refractivity contribution < 1.29 is 47.2 Å². The lowest BCUT2D eigenvalue weighted by molar-refractivity contribution is -0.147. The van der Waals surface area contributed by atoms with Crippen molar-refractivity contribution in [3.63, 3.8) is 0 Å². The molecule has 288 valence electrons. The summed E-state index contributed by atoms with van der Waals surface area (Å²) in [6.45, 7) is 23.3. The van der Waals surface area contributed by atoms with Gasteiger partial charge in [-0.3, -0.25) is 9.69 Å². The minimum Gasteiger partial charge on any atom is -0.468 e. The Morgan fingerprint density at radius 2 is 1.18 bits per heavy atom. The fourth-order valence-corrected chi connectivity index (χ4v) is 6.86. The number of likely N-dealkylation sites (tertiary alicyclic amines) is 1. The van der Waals surface area contributed by atoms with Gasteiger partial charge in [-0.25, -0.2) is 9.59 Å². The van der Waals surface area contributed by atoms with Crippen LogP contribution in [0.15, 0.2) is 0 Å². The minimum atomic E-state index is -0.605. The zero-order valence-corrected chi connectivity index (χ0v) is 32.6. The monoisotopic (exact) mass is 711 g/mol. The Labute approximate surface area is 303 Å². The number of nitrogens with one attached hydrogen (secondary N) is 1. The van der Waals surface area contributed by atoms with Crippen molar-refractivity contribution in [2.75, 3.05) is 27.3 Å². The molecule has 0 aromatic heterocycles. The Hall–Kier alpha value is -1.86. The SMILES string of the molecule is C.COC(=O)C1C(CCCB2OC(C)(C)C(C)(C)O2)CCN1C(=O)OC(C)(C)C.COC(=O)C1NCCC1CCCB1OC(C)(C)C(C)(C)O1. The van der Waals surface area contributed by atoms with Gasteiger partial charge in [0.15, 0.2) is 0 Å². The summed E-state index contributed by atoms with van der Waals surface area (Å²) < 4.78 is 39.4. The Morgan fingerprint density at radius 3 is 1.60 bits per heavy atom. The quantitative estimate of drug-likeness (QED) is 0.156. The van der Waals surface area contributed by atoms with E-state index < -0.39 is 17.7 Å². The van der Waals surface area contributed by atoms with E-state index in [1.807, 2.05) is 48.5 Å². The maximum atomic E-state index is 12.5. The number of hydrogen-bond donors (Lipinski definition) is 1. The first-order chi connectivity index (χ1) is 22.5. The highest BCUT2D eigenvalue weighted by Crippen LogP contribution is 2.40. The van der Waals surface area contributed by atoms with E-state index >= 15 is 0 Å². The Kier molecular flexibility index (Phi) is 15.3. The summed E-state index contributed by atoms with van der Waals surface area (Å²) in [6, 6.07) is -0.744. The molecule has 0 aromatic carbocycles. The lowest BCUT2D eigenvalue weighted by Crippen LogP contribution is -2.46. The van der Waals surface area contributed by atoms with Gasteiger partial charge in [0.2, 0.25) is 0 Å². The Bertz CT molecular complexity index is 1110. The molecule has 4 saturated heterocycles. The second kappa shape index (κ2) is 17.3. The first-order valence-electron chi connectivity index (χ1n) is 18.1. The number of ether oxygens (including phenoxy) is 3. The Balaban J connectivity index is 0.000000353. The molecule has 14 heteroatoms. The Morgan fingerprint density at radius 1 is 0.740 bits per heavy atom. The average molecular weight is 711 g/mol. The second-order valence-electron chi connectivity index (χ2n) is 16.9. The smallest absolute Gasteiger partial charge is 0.457 e. The molecule has 0 aliphatic carbocycles. The number of nitrogens with zero attached hydrogens (tertiary/aromatic N) is 1. The summed E-state index contributed by atoms with van der Waals surface area (Å²) in [6.07, 6.45) is 6.58. The van der Waals surface area contributed by atoms with Gasteiger partial charge in [0.1, 0.15) is 17.7 Å². The summed E-state index contributed by atoms with van der Waals surface area (Å²) in [5.74, 6) is -0.126. The van der Waals surface area contributed by atoms with Gasteiger partial charge in [-0.2, -0.15) is 0 Å². The van der Waals surface area contributed by atoms with Crippen LogP contribution in [-0.2, 0) is 42.4 Å². The third-order valence-electron chi connectivity index (χ3n) is 11.0. The van der Waals surface area contributed by atoms with Crippen LogP contribution in [0.2, 0.25) is 12.6 Å². The molecule has 4 heterocycles. The van der Waals surface area contributed by atoms with E-state index in [2.05, 4.69) is 33.0 Å². The van der Waals surface area contributed by atoms with E-state index in [9.17, 15) is 14.4 Å². The molecule has 0 radical (unpaired) electrons. The number of carbonyl (C=O) groups excluding carboxylic acids is 3. The lowest BCUT2D eigenvalue weighted by Gasteiger charge is -2.32. The molecule has 0 saturated carbocycles. The molecule has 4 fully saturated rings. The van der Waals surface area contributed by atoms with Crippen molar-refractivity contribution in [3.8, 4) is 0 Å². The second-order valence-corrected chi connectivity index (χ2v) is 16.9. The van der Waals surface area contributed by atoms with E-state index in [1.165, 1.54) is 19.1 Å². The maximum absolute atomic E-state index is 12.5. The summed E-state index contributed by atoms with van der Waals surface area (Å²) in [7, 11) is 2.42. The fourth-order valence-electron chi connectivity index (χ4n) is 6.86. The normalized spacial score (nSPS) is 27.7. The van der Waals surface area contributed by atoms with Crippen molar-refractivity contribution >= 4 is 32.3 Å². The van der Waals surface area contributed by atoms with Gasteiger partial charge in [-0.1, -0.05) is 20.3 Å². The summed E-state index contributed by atoms with van der Waals surface area (Å²) >= 11 is 0. The van der Waals surface area contributed by atoms with Crippen molar-refractivity contribution in [2.45, 2.75) is 175 Å². The molecule has 12 nitrogen and oxygen atoms in total. The third-order valence-corrected chi connectivity index (χ3v) is 11.0. The van der Waals surface area contributed by atoms with E-state index in [1.54, 1.807) is 0 Å². The number of carbonyl (C=O) groups is 3. The van der Waals surface area contributed by atoms with Gasteiger partial charge in [0.25, 0.3) is 0 Å². The largest absolute Gasteiger partial charge is 0.468 e. The van der Waals surface area contributed by atoms with Gasteiger partial charge in [0.05, 0.1) is 36.6 Å². The summed E-state index contributed by atoms with van der Waals surface area (Å²) in [5.41, 5.74) is -1.81. The van der Waals surface area contributed by atoms with Crippen molar-refractivity contribution in [2.24, 2.45) is 11.8 Å². The first-order valence-corrected chi connectivity index (χ1v) is 18.1. The van der Waals surface area contributed by atoms with Crippen LogP contribution in [0.3, 0.4) is 0 Å². The van der Waals surface area contributed by atoms with Crippen LogP contribution in [0, 0.1) is 11.8 Å². The molecule has 4 atom stereocenters. The number of hydrogen-bond acceptors (Lipinski definition) is 11. The first kappa shape index (κ1) is 44.3. The highest BCUT2D eigenvalue weighted by Gasteiger charge is 2.52. The molecule has 0 spiro atoms. The highest BCUT2D eigenvalue weighted by atomic mass is 16.7. The van der Waals surface area contributed by atoms with Crippen molar-refractivity contribution in [3.05, 3.63) is 0 Å². The van der Waals surface area contributed by atoms with E-state index in [0.29, 0.717) is 12.5 Å². The number of methoxy groups -OCH3 is 2. The van der Waals surface area contributed by atoms with Crippen LogP contribution in [0.1, 0.15) is 122 Å². The average Bonchev–Trinajstić information content (AvgIpc) is 3.70. The van der Waals surface area contributed by atoms with E-state index in [0.717, 1.165) is 57.7 Å². The standard InChI is InChI=1S/C20H36BNO6.C15H28BNO4.CH4/c1-18(2,3)26-17(24)22-13-11-14(15(22)16(23)25-8)10-9-12-21-27-19(4,5)20(6,7)28-21;1-14(2)15(3,4)21-16(20-14)9-6-7-11-8-10-17-12(11)13(18)19-5;/h14-15H,9-13H2,1-8H3;11-12,17H,6-10H2,1-5H3;1H4. The highest BCUT2D eigenvalue weighted by molar-refractivity contribution is 6.45. The molecular formula is C36H68B2N2O10. The predicted molar refractivity (Wildman–Crippen MR) is 196 cm³/mol. The van der Waals surface area contributed by atoms with Gasteiger partial charge < -0.3 is 38.1 Å². The van der Waals surface area contributed by atoms with Crippen LogP contribution < -0.4 is 5.32 Å². The third kappa shape index (κ3) is 11.1. The zero-order valence-electron chi connectivity index (χ0n) is 32.6. The molecule has 0 bridgehead atoms. The molecule has 4 aliphatic rings. The molecule has 1 N–H and O–H groups in total. The molecule has 4 rings (SSSR count). The number of esters is 2. The molecule has 4 unspecified atom stereocenters. The molecular weight excluding hydrogens is 642 g/mol. The van der Waals surface area contributed by atoms with Gasteiger partial charge in [-0.05, 0) is 133 Å². The molecule has 50 heavy (non-hydrogen) atoms. The maximum Gasteiger partial charge on any atom is 0.457 e. The number of amides is 1. The van der Waals surface area contributed by atoms with Crippen molar-refractivity contribution in [1.82, 2.24) is 10.2 Å². The predicted octanol–water partition coefficient (Wildman–Crippen LogP) is 6.30. The van der Waals surface area contributed by atoms with Crippen LogP contribution in [-0.4, -0.2) is 105 Å². The molecule has 4 aliphatic heterocycles. The van der Waals surface area contributed by atoms with Crippen molar-refractivity contribution in [1.29, 1.82) is 0 Å². The molecule has 0 aromatic rings. The van der Waals surface area contributed by atoms with Gasteiger partial charge >= 0.3 is 32.3 Å². The van der Waals surface area contributed by atoms with Crippen LogP contribution >= 0.6 is 0 Å². The van der Waals surface area contributed by atoms with Crippen LogP contribution in [0.4, 0.5) is 4.79 Å². The zero-order chi connectivity index (χ0) is 37.0. The summed E-state index contributed by atoms with van der Waals surface area (Å²) in [4.78, 5) is 38.1. The topological polar surface area (TPSA) is 131 Å². The van der Waals surface area contributed by atoms with E-state index in [-0.39, 0.29) is 68.0 Å². The number of rotatable bonds is 10. The van der Waals surface area contributed by atoms with Crippen LogP contribution in [0.25, 0.3) is 0 Å². The van der Waals surface area contributed by atoms with E-state index in [4.69, 9.17) is 32.8 Å². The fraction of sp³-hybridized carbons (Fsp3) is 0.917. The minimum absolute atomic E-state index is 0. The van der Waals surface area contributed by atoms with Gasteiger partial charge in [0, 0.05) is 6.54 Å².